The number of aromatic nitrogens is 1. The van der Waals surface area contributed by atoms with Crippen LogP contribution in [0.1, 0.15) is 31.9 Å². The molecule has 1 heterocycles. The molecule has 0 unspecified atom stereocenters. The van der Waals surface area contributed by atoms with Gasteiger partial charge in [-0.25, -0.2) is 4.98 Å². The van der Waals surface area contributed by atoms with E-state index in [1.807, 2.05) is 42.4 Å². The fourth-order valence-corrected chi connectivity index (χ4v) is 1.94. The van der Waals surface area contributed by atoms with Crippen molar-refractivity contribution < 1.29 is 0 Å². The molecule has 0 aliphatic carbocycles. The van der Waals surface area contributed by atoms with Crippen molar-refractivity contribution in [3.05, 3.63) is 53.7 Å². The van der Waals surface area contributed by atoms with Crippen molar-refractivity contribution in [1.29, 1.82) is 5.26 Å². The van der Waals surface area contributed by atoms with Gasteiger partial charge < -0.3 is 4.90 Å². The fourth-order valence-electron chi connectivity index (χ4n) is 1.94. The highest BCUT2D eigenvalue weighted by Gasteiger charge is 2.14. The van der Waals surface area contributed by atoms with Gasteiger partial charge in [-0.15, -0.1) is 0 Å². The van der Waals surface area contributed by atoms with E-state index in [4.69, 9.17) is 5.26 Å². The summed E-state index contributed by atoms with van der Waals surface area (Å²) < 4.78 is 0. The lowest BCUT2D eigenvalue weighted by Gasteiger charge is -2.22. The molecule has 0 atom stereocenters. The number of nitriles is 1. The van der Waals surface area contributed by atoms with Crippen LogP contribution in [0.3, 0.4) is 0 Å². The van der Waals surface area contributed by atoms with Gasteiger partial charge in [-0.3, -0.25) is 0 Å². The van der Waals surface area contributed by atoms with Gasteiger partial charge in [-0.1, -0.05) is 32.9 Å². The van der Waals surface area contributed by atoms with Gasteiger partial charge in [0, 0.05) is 18.9 Å². The lowest BCUT2D eigenvalue weighted by atomic mass is 9.88. The molecule has 20 heavy (non-hydrogen) atoms. The Morgan fingerprint density at radius 1 is 1.15 bits per heavy atom. The Kier molecular flexibility index (Phi) is 3.76. The standard InChI is InChI=1S/C17H19N3/c1-17(2,3)14-8-9-16(19-12-14)20(4)15-7-5-6-13(10-15)11-18/h5-10,12H,1-4H3. The summed E-state index contributed by atoms with van der Waals surface area (Å²) in [5.41, 5.74) is 2.92. The highest BCUT2D eigenvalue weighted by atomic mass is 15.2. The predicted octanol–water partition coefficient (Wildman–Crippen LogP) is 4.02. The van der Waals surface area contributed by atoms with E-state index < -0.39 is 0 Å². The van der Waals surface area contributed by atoms with E-state index in [-0.39, 0.29) is 5.41 Å². The fraction of sp³-hybridized carbons (Fsp3) is 0.294. The third-order valence-electron chi connectivity index (χ3n) is 3.32. The van der Waals surface area contributed by atoms with Crippen molar-refractivity contribution in [2.45, 2.75) is 26.2 Å². The maximum Gasteiger partial charge on any atom is 0.132 e. The van der Waals surface area contributed by atoms with E-state index in [0.29, 0.717) is 5.56 Å². The SMILES string of the molecule is CN(c1cccc(C#N)c1)c1ccc(C(C)(C)C)cn1. The van der Waals surface area contributed by atoms with Crippen molar-refractivity contribution in [1.82, 2.24) is 4.98 Å². The molecule has 0 spiro atoms. The van der Waals surface area contributed by atoms with E-state index in [0.717, 1.165) is 11.5 Å². The lowest BCUT2D eigenvalue weighted by Crippen LogP contribution is -2.14. The van der Waals surface area contributed by atoms with E-state index >= 15 is 0 Å². The zero-order valence-corrected chi connectivity index (χ0v) is 12.4. The summed E-state index contributed by atoms with van der Waals surface area (Å²) in [6.45, 7) is 6.51. The zero-order chi connectivity index (χ0) is 14.8. The van der Waals surface area contributed by atoms with Crippen LogP contribution in [0.2, 0.25) is 0 Å². The van der Waals surface area contributed by atoms with Gasteiger partial charge >= 0.3 is 0 Å². The van der Waals surface area contributed by atoms with Crippen LogP contribution in [-0.2, 0) is 5.41 Å². The topological polar surface area (TPSA) is 39.9 Å². The average molecular weight is 265 g/mol. The van der Waals surface area contributed by atoms with E-state index in [1.54, 1.807) is 6.07 Å². The van der Waals surface area contributed by atoms with Crippen molar-refractivity contribution in [2.24, 2.45) is 0 Å². The number of nitrogens with zero attached hydrogens (tertiary/aromatic N) is 3. The summed E-state index contributed by atoms with van der Waals surface area (Å²) in [4.78, 5) is 6.50. The Bertz CT molecular complexity index is 631. The molecule has 0 aliphatic heterocycles. The first-order valence-corrected chi connectivity index (χ1v) is 6.62. The van der Waals surface area contributed by atoms with Crippen molar-refractivity contribution in [3.8, 4) is 6.07 Å². The second kappa shape index (κ2) is 5.34. The predicted molar refractivity (Wildman–Crippen MR) is 82.2 cm³/mol. The van der Waals surface area contributed by atoms with Crippen LogP contribution in [0.15, 0.2) is 42.6 Å². The molecule has 0 amide bonds. The van der Waals surface area contributed by atoms with E-state index in [1.165, 1.54) is 5.56 Å². The monoisotopic (exact) mass is 265 g/mol. The second-order valence-corrected chi connectivity index (χ2v) is 5.88. The highest BCUT2D eigenvalue weighted by molar-refractivity contribution is 5.61. The average Bonchev–Trinajstić information content (AvgIpc) is 2.46. The van der Waals surface area contributed by atoms with Crippen LogP contribution in [0.4, 0.5) is 11.5 Å². The van der Waals surface area contributed by atoms with Gasteiger partial charge in [-0.05, 0) is 35.2 Å². The van der Waals surface area contributed by atoms with Crippen LogP contribution >= 0.6 is 0 Å². The largest absolute Gasteiger partial charge is 0.329 e. The third-order valence-corrected chi connectivity index (χ3v) is 3.32. The minimum atomic E-state index is 0.102. The second-order valence-electron chi connectivity index (χ2n) is 5.88. The molecule has 2 rings (SSSR count). The Hall–Kier alpha value is -2.34. The number of pyridine rings is 1. The Balaban J connectivity index is 2.29. The lowest BCUT2D eigenvalue weighted by molar-refractivity contribution is 0.587. The maximum absolute atomic E-state index is 8.96. The number of benzene rings is 1. The molecule has 1 aromatic carbocycles. The minimum Gasteiger partial charge on any atom is -0.329 e. The van der Waals surface area contributed by atoms with Crippen LogP contribution in [0.5, 0.6) is 0 Å². The summed E-state index contributed by atoms with van der Waals surface area (Å²) in [5.74, 6) is 0.869. The van der Waals surface area contributed by atoms with Crippen LogP contribution in [-0.4, -0.2) is 12.0 Å². The maximum atomic E-state index is 8.96. The number of rotatable bonds is 2. The molecule has 0 N–H and O–H groups in total. The van der Waals surface area contributed by atoms with Gasteiger partial charge in [0.1, 0.15) is 5.82 Å². The van der Waals surface area contributed by atoms with Crippen LogP contribution in [0.25, 0.3) is 0 Å². The number of hydrogen-bond acceptors (Lipinski definition) is 3. The molecular formula is C17H19N3. The van der Waals surface area contributed by atoms with Crippen molar-refractivity contribution >= 4 is 11.5 Å². The molecule has 3 heteroatoms. The summed E-state index contributed by atoms with van der Waals surface area (Å²) in [5, 5.41) is 8.96. The van der Waals surface area contributed by atoms with E-state index in [9.17, 15) is 0 Å². The summed E-state index contributed by atoms with van der Waals surface area (Å²) in [7, 11) is 1.95. The first-order valence-electron chi connectivity index (χ1n) is 6.62. The molecule has 0 bridgehead atoms. The molecule has 2 aromatic rings. The van der Waals surface area contributed by atoms with E-state index in [2.05, 4.69) is 37.9 Å². The van der Waals surface area contributed by atoms with Gasteiger partial charge in [0.2, 0.25) is 0 Å². The molecule has 102 valence electrons. The smallest absolute Gasteiger partial charge is 0.132 e. The van der Waals surface area contributed by atoms with Crippen LogP contribution < -0.4 is 4.90 Å². The van der Waals surface area contributed by atoms with Crippen molar-refractivity contribution in [3.63, 3.8) is 0 Å². The molecule has 0 fully saturated rings. The summed E-state index contributed by atoms with van der Waals surface area (Å²) >= 11 is 0. The molecule has 0 radical (unpaired) electrons. The Morgan fingerprint density at radius 2 is 1.90 bits per heavy atom. The van der Waals surface area contributed by atoms with Gasteiger partial charge in [0.05, 0.1) is 11.6 Å². The molecule has 0 aliphatic rings. The first kappa shape index (κ1) is 14.1. The Labute approximate surface area is 120 Å². The minimum absolute atomic E-state index is 0.102. The van der Waals surface area contributed by atoms with Gasteiger partial charge in [0.25, 0.3) is 0 Å². The quantitative estimate of drug-likeness (QED) is 0.823. The molecule has 0 saturated carbocycles. The molecule has 1 aromatic heterocycles. The third kappa shape index (κ3) is 2.97. The van der Waals surface area contributed by atoms with Gasteiger partial charge in [-0.2, -0.15) is 5.26 Å². The van der Waals surface area contributed by atoms with Gasteiger partial charge in [0.15, 0.2) is 0 Å². The molecular weight excluding hydrogens is 246 g/mol. The first-order chi connectivity index (χ1) is 9.41. The number of anilines is 2. The highest BCUT2D eigenvalue weighted by Crippen LogP contribution is 2.26. The molecule has 0 saturated heterocycles. The summed E-state index contributed by atoms with van der Waals surface area (Å²) in [6, 6.07) is 13.8. The van der Waals surface area contributed by atoms with Crippen molar-refractivity contribution in [2.75, 3.05) is 11.9 Å². The normalized spacial score (nSPS) is 10.9. The van der Waals surface area contributed by atoms with Crippen LogP contribution in [0, 0.1) is 11.3 Å². The Morgan fingerprint density at radius 3 is 2.45 bits per heavy atom. The number of hydrogen-bond donors (Lipinski definition) is 0. The summed E-state index contributed by atoms with van der Waals surface area (Å²) in [6.07, 6.45) is 1.92. The molecule has 3 nitrogen and oxygen atoms in total. The zero-order valence-electron chi connectivity index (χ0n) is 12.4.